The monoisotopic (exact) mass is 398 g/mol. The maximum absolute atomic E-state index is 12.7. The molecule has 0 bridgehead atoms. The van der Waals surface area contributed by atoms with E-state index in [2.05, 4.69) is 20.5 Å². The van der Waals surface area contributed by atoms with Crippen LogP contribution < -0.4 is 5.43 Å². The van der Waals surface area contributed by atoms with E-state index in [9.17, 15) is 15.0 Å². The van der Waals surface area contributed by atoms with Crippen molar-refractivity contribution in [1.29, 1.82) is 0 Å². The van der Waals surface area contributed by atoms with E-state index in [4.69, 9.17) is 0 Å². The van der Waals surface area contributed by atoms with Crippen LogP contribution in [0.4, 0.5) is 5.69 Å². The summed E-state index contributed by atoms with van der Waals surface area (Å²) in [6.07, 6.45) is 3.12. The fraction of sp³-hybridized carbons (Fsp3) is 0. The van der Waals surface area contributed by atoms with Gasteiger partial charge in [-0.3, -0.25) is 9.79 Å². The molecule has 7 nitrogen and oxygen atoms in total. The Labute approximate surface area is 172 Å². The van der Waals surface area contributed by atoms with E-state index in [0.717, 1.165) is 22.0 Å². The molecule has 30 heavy (non-hydrogen) atoms. The van der Waals surface area contributed by atoms with Crippen molar-refractivity contribution in [2.45, 2.75) is 0 Å². The molecule has 1 amide bonds. The normalized spacial score (nSPS) is 11.5. The number of nitrogens with one attached hydrogen (secondary N) is 2. The van der Waals surface area contributed by atoms with Crippen LogP contribution in [0.3, 0.4) is 0 Å². The summed E-state index contributed by atoms with van der Waals surface area (Å²) in [6, 6.07) is 20.5. The quantitative estimate of drug-likeness (QED) is 0.300. The molecule has 4 aromatic rings. The number of rotatable bonds is 5. The molecule has 0 radical (unpaired) electrons. The first kappa shape index (κ1) is 18.9. The maximum atomic E-state index is 12.7. The predicted molar refractivity (Wildman–Crippen MR) is 117 cm³/mol. The zero-order chi connectivity index (χ0) is 20.9. The second-order valence-electron chi connectivity index (χ2n) is 6.53. The van der Waals surface area contributed by atoms with Gasteiger partial charge in [-0.25, -0.2) is 5.43 Å². The van der Waals surface area contributed by atoms with Crippen LogP contribution in [0.15, 0.2) is 82.9 Å². The third-order valence-corrected chi connectivity index (χ3v) is 4.41. The summed E-state index contributed by atoms with van der Waals surface area (Å²) in [6.45, 7) is 0. The molecule has 4 rings (SSSR count). The number of amides is 1. The summed E-state index contributed by atoms with van der Waals surface area (Å²) in [5.41, 5.74) is 5.58. The highest BCUT2D eigenvalue weighted by molar-refractivity contribution is 6.08. The molecular weight excluding hydrogens is 380 g/mol. The lowest BCUT2D eigenvalue weighted by molar-refractivity contribution is 0.0951. The van der Waals surface area contributed by atoms with Crippen molar-refractivity contribution in [2.24, 2.45) is 10.1 Å². The van der Waals surface area contributed by atoms with Gasteiger partial charge in [0.15, 0.2) is 0 Å². The third-order valence-electron chi connectivity index (χ3n) is 4.41. The number of nitrogens with zero attached hydrogens (tertiary/aromatic N) is 2. The van der Waals surface area contributed by atoms with Crippen molar-refractivity contribution >= 4 is 34.9 Å². The summed E-state index contributed by atoms with van der Waals surface area (Å²) in [5, 5.41) is 23.5. The number of aromatic hydroxyl groups is 2. The Bertz CT molecular complexity index is 1240. The van der Waals surface area contributed by atoms with Crippen molar-refractivity contribution in [1.82, 2.24) is 10.4 Å². The van der Waals surface area contributed by atoms with E-state index in [1.54, 1.807) is 42.6 Å². The van der Waals surface area contributed by atoms with Crippen molar-refractivity contribution in [2.75, 3.05) is 0 Å². The zero-order valence-corrected chi connectivity index (χ0v) is 15.8. The standard InChI is InChI=1S/C23H18N4O3/c28-17-9-5-15(6-10-17)13-24-21-19-3-1-2-4-20(19)26-22(21)23(30)27-25-14-16-7-11-18(29)12-8-16/h1-14,26,28-29H,(H,27,30)/b24-13?,25-14+. The van der Waals surface area contributed by atoms with Crippen LogP contribution in [0.1, 0.15) is 21.6 Å². The fourth-order valence-electron chi connectivity index (χ4n) is 2.91. The number of benzene rings is 3. The topological polar surface area (TPSA) is 110 Å². The molecule has 0 saturated carbocycles. The van der Waals surface area contributed by atoms with Crippen LogP contribution in [0.25, 0.3) is 10.9 Å². The van der Waals surface area contributed by atoms with Crippen LogP contribution in [-0.2, 0) is 0 Å². The summed E-state index contributed by atoms with van der Waals surface area (Å²) >= 11 is 0. The lowest BCUT2D eigenvalue weighted by Crippen LogP contribution is -2.18. The van der Waals surface area contributed by atoms with Crippen LogP contribution in [0.2, 0.25) is 0 Å². The number of para-hydroxylation sites is 1. The number of phenols is 2. The van der Waals surface area contributed by atoms with Gasteiger partial charge in [-0.1, -0.05) is 18.2 Å². The van der Waals surface area contributed by atoms with Gasteiger partial charge in [-0.05, 0) is 65.7 Å². The Morgan fingerprint density at radius 1 is 0.833 bits per heavy atom. The lowest BCUT2D eigenvalue weighted by atomic mass is 10.2. The van der Waals surface area contributed by atoms with Gasteiger partial charge in [-0.15, -0.1) is 0 Å². The van der Waals surface area contributed by atoms with Crippen LogP contribution in [-0.4, -0.2) is 33.5 Å². The lowest BCUT2D eigenvalue weighted by Gasteiger charge is -2.00. The average molecular weight is 398 g/mol. The number of H-pyrrole nitrogens is 1. The number of carbonyl (C=O) groups is 1. The van der Waals surface area contributed by atoms with Gasteiger partial charge in [0.2, 0.25) is 0 Å². The second kappa shape index (κ2) is 8.32. The smallest absolute Gasteiger partial charge is 0.290 e. The Morgan fingerprint density at radius 3 is 2.10 bits per heavy atom. The van der Waals surface area contributed by atoms with Crippen LogP contribution in [0.5, 0.6) is 11.5 Å². The molecule has 0 aliphatic rings. The summed E-state index contributed by atoms with van der Waals surface area (Å²) in [4.78, 5) is 20.3. The number of aromatic amines is 1. The number of carbonyl (C=O) groups excluding carboxylic acids is 1. The molecule has 0 unspecified atom stereocenters. The number of hydrogen-bond donors (Lipinski definition) is 4. The molecule has 0 fully saturated rings. The Hall–Kier alpha value is -4.39. The van der Waals surface area contributed by atoms with Gasteiger partial charge in [0.25, 0.3) is 5.91 Å². The fourth-order valence-corrected chi connectivity index (χ4v) is 2.91. The van der Waals surface area contributed by atoms with E-state index in [1.807, 2.05) is 24.3 Å². The Balaban J connectivity index is 1.61. The highest BCUT2D eigenvalue weighted by Gasteiger charge is 2.16. The predicted octanol–water partition coefficient (Wildman–Crippen LogP) is 4.09. The molecule has 4 N–H and O–H groups in total. The van der Waals surface area contributed by atoms with Crippen LogP contribution in [0, 0.1) is 0 Å². The second-order valence-corrected chi connectivity index (χ2v) is 6.53. The number of hydrogen-bond acceptors (Lipinski definition) is 5. The molecule has 7 heteroatoms. The molecular formula is C23H18N4O3. The summed E-state index contributed by atoms with van der Waals surface area (Å²) in [5.74, 6) is -0.102. The van der Waals surface area contributed by atoms with Gasteiger partial charge in [0, 0.05) is 17.1 Å². The SMILES string of the molecule is O=C(N/N=C/c1ccc(O)cc1)c1[nH]c2ccccc2c1N=Cc1ccc(O)cc1. The molecule has 0 spiro atoms. The van der Waals surface area contributed by atoms with Gasteiger partial charge < -0.3 is 15.2 Å². The summed E-state index contributed by atoms with van der Waals surface area (Å²) < 4.78 is 0. The molecule has 0 atom stereocenters. The maximum Gasteiger partial charge on any atom is 0.290 e. The minimum absolute atomic E-state index is 0.158. The first-order chi connectivity index (χ1) is 14.6. The Kier molecular flexibility index (Phi) is 5.25. The molecule has 1 aromatic heterocycles. The first-order valence-corrected chi connectivity index (χ1v) is 9.16. The van der Waals surface area contributed by atoms with E-state index in [0.29, 0.717) is 5.69 Å². The molecule has 0 saturated heterocycles. The third kappa shape index (κ3) is 4.20. The highest BCUT2D eigenvalue weighted by atomic mass is 16.3. The van der Waals surface area contributed by atoms with Gasteiger partial charge in [-0.2, -0.15) is 5.10 Å². The first-order valence-electron chi connectivity index (χ1n) is 9.16. The van der Waals surface area contributed by atoms with E-state index in [-0.39, 0.29) is 17.2 Å². The zero-order valence-electron chi connectivity index (χ0n) is 15.8. The molecule has 1 heterocycles. The van der Waals surface area contributed by atoms with E-state index in [1.165, 1.54) is 18.3 Å². The van der Waals surface area contributed by atoms with Gasteiger partial charge >= 0.3 is 0 Å². The Morgan fingerprint density at radius 2 is 1.43 bits per heavy atom. The number of aliphatic imine (C=N–C) groups is 1. The van der Waals surface area contributed by atoms with E-state index >= 15 is 0 Å². The van der Waals surface area contributed by atoms with E-state index < -0.39 is 5.91 Å². The van der Waals surface area contributed by atoms with Gasteiger partial charge in [0.1, 0.15) is 22.9 Å². The minimum atomic E-state index is -0.431. The molecule has 148 valence electrons. The van der Waals surface area contributed by atoms with Gasteiger partial charge in [0.05, 0.1) is 6.21 Å². The number of hydrazone groups is 1. The molecule has 3 aromatic carbocycles. The van der Waals surface area contributed by atoms with Crippen molar-refractivity contribution < 1.29 is 15.0 Å². The number of phenolic OH excluding ortho intramolecular Hbond substituents is 2. The number of fused-ring (bicyclic) bond motifs is 1. The number of aromatic nitrogens is 1. The highest BCUT2D eigenvalue weighted by Crippen LogP contribution is 2.30. The van der Waals surface area contributed by atoms with Crippen molar-refractivity contribution in [3.8, 4) is 11.5 Å². The van der Waals surface area contributed by atoms with Crippen molar-refractivity contribution in [3.05, 3.63) is 89.6 Å². The summed E-state index contributed by atoms with van der Waals surface area (Å²) in [7, 11) is 0. The van der Waals surface area contributed by atoms with Crippen molar-refractivity contribution in [3.63, 3.8) is 0 Å². The molecule has 0 aliphatic heterocycles. The largest absolute Gasteiger partial charge is 0.508 e. The average Bonchev–Trinajstić information content (AvgIpc) is 3.13. The minimum Gasteiger partial charge on any atom is -0.508 e. The van der Waals surface area contributed by atoms with Crippen LogP contribution >= 0.6 is 0 Å². The molecule has 0 aliphatic carbocycles.